The van der Waals surface area contributed by atoms with Crippen molar-refractivity contribution in [2.24, 2.45) is 0 Å². The number of carbonyl (C=O) groups excluding carboxylic acids is 1. The van der Waals surface area contributed by atoms with Gasteiger partial charge in [0.25, 0.3) is 15.9 Å². The van der Waals surface area contributed by atoms with Crippen LogP contribution in [0.15, 0.2) is 58.4 Å². The van der Waals surface area contributed by atoms with Gasteiger partial charge in [0, 0.05) is 37.4 Å². The van der Waals surface area contributed by atoms with Crippen LogP contribution < -0.4 is 15.1 Å². The van der Waals surface area contributed by atoms with Crippen molar-refractivity contribution in [1.29, 1.82) is 0 Å². The lowest BCUT2D eigenvalue weighted by Crippen LogP contribution is -2.37. The van der Waals surface area contributed by atoms with E-state index in [0.29, 0.717) is 30.3 Å². The van der Waals surface area contributed by atoms with Gasteiger partial charge in [-0.25, -0.2) is 8.42 Å². The smallest absolute Gasteiger partial charge is 0.264 e. The minimum absolute atomic E-state index is 0.0544. The summed E-state index contributed by atoms with van der Waals surface area (Å²) in [5.74, 6) is -0.290. The van der Waals surface area contributed by atoms with E-state index in [4.69, 9.17) is 9.47 Å². The van der Waals surface area contributed by atoms with Crippen LogP contribution in [0.25, 0.3) is 10.9 Å². The standard InChI is InChI=1S/C26H33N3O6S/c1-6-34-24(35-7-2)16-28-26(31)22-15-27-23-13-12-20(14-21(23)25(22)30)36(32,33)29(5)19-10-8-18(9-11-19)17(3)4/h8-15,17,24H,6-7,16H2,1-5H3,(H,27,30)(H,28,31). The van der Waals surface area contributed by atoms with E-state index in [0.717, 1.165) is 5.56 Å². The van der Waals surface area contributed by atoms with Crippen LogP contribution in [-0.4, -0.2) is 52.4 Å². The first-order valence-electron chi connectivity index (χ1n) is 11.9. The Hall–Kier alpha value is -3.21. The van der Waals surface area contributed by atoms with Gasteiger partial charge < -0.3 is 19.8 Å². The second kappa shape index (κ2) is 11.7. The molecule has 0 fully saturated rings. The Labute approximate surface area is 211 Å². The van der Waals surface area contributed by atoms with E-state index >= 15 is 0 Å². The zero-order valence-electron chi connectivity index (χ0n) is 21.2. The fourth-order valence-corrected chi connectivity index (χ4v) is 4.92. The van der Waals surface area contributed by atoms with E-state index in [2.05, 4.69) is 24.1 Å². The van der Waals surface area contributed by atoms with E-state index in [9.17, 15) is 18.0 Å². The molecule has 0 aliphatic rings. The molecule has 0 atom stereocenters. The van der Waals surface area contributed by atoms with E-state index in [1.807, 2.05) is 26.0 Å². The zero-order valence-corrected chi connectivity index (χ0v) is 22.0. The zero-order chi connectivity index (χ0) is 26.5. The highest BCUT2D eigenvalue weighted by molar-refractivity contribution is 7.92. The largest absolute Gasteiger partial charge is 0.360 e. The van der Waals surface area contributed by atoms with Crippen molar-refractivity contribution in [1.82, 2.24) is 10.3 Å². The second-order valence-electron chi connectivity index (χ2n) is 8.51. The van der Waals surface area contributed by atoms with Crippen molar-refractivity contribution < 1.29 is 22.7 Å². The average Bonchev–Trinajstić information content (AvgIpc) is 2.87. The summed E-state index contributed by atoms with van der Waals surface area (Å²) >= 11 is 0. The Morgan fingerprint density at radius 1 is 1.06 bits per heavy atom. The lowest BCUT2D eigenvalue weighted by Gasteiger charge is -2.20. The van der Waals surface area contributed by atoms with Crippen LogP contribution in [0.4, 0.5) is 5.69 Å². The van der Waals surface area contributed by atoms with Crippen LogP contribution in [0.1, 0.15) is 49.5 Å². The highest BCUT2D eigenvalue weighted by Crippen LogP contribution is 2.25. The van der Waals surface area contributed by atoms with Crippen molar-refractivity contribution in [3.63, 3.8) is 0 Å². The molecule has 1 heterocycles. The molecule has 0 spiro atoms. The van der Waals surface area contributed by atoms with Gasteiger partial charge in [0.15, 0.2) is 6.29 Å². The molecule has 36 heavy (non-hydrogen) atoms. The first-order chi connectivity index (χ1) is 17.1. The summed E-state index contributed by atoms with van der Waals surface area (Å²) in [4.78, 5) is 28.7. The predicted octanol–water partition coefficient (Wildman–Crippen LogP) is 3.61. The Bertz CT molecular complexity index is 1360. The van der Waals surface area contributed by atoms with Crippen molar-refractivity contribution in [2.45, 2.75) is 44.8 Å². The van der Waals surface area contributed by atoms with Gasteiger partial charge in [-0.05, 0) is 55.7 Å². The van der Waals surface area contributed by atoms with Gasteiger partial charge in [-0.15, -0.1) is 0 Å². The molecule has 3 rings (SSSR count). The molecule has 0 aliphatic heterocycles. The summed E-state index contributed by atoms with van der Waals surface area (Å²) in [6, 6.07) is 11.5. The number of fused-ring (bicyclic) bond motifs is 1. The number of anilines is 1. The monoisotopic (exact) mass is 515 g/mol. The molecule has 2 aromatic carbocycles. The normalized spacial score (nSPS) is 11.9. The number of hydrogen-bond acceptors (Lipinski definition) is 6. The lowest BCUT2D eigenvalue weighted by molar-refractivity contribution is -0.131. The van der Waals surface area contributed by atoms with Crippen molar-refractivity contribution >= 4 is 32.5 Å². The minimum Gasteiger partial charge on any atom is -0.360 e. The Kier molecular flexibility index (Phi) is 8.89. The second-order valence-corrected chi connectivity index (χ2v) is 10.5. The Morgan fingerprint density at radius 3 is 2.28 bits per heavy atom. The lowest BCUT2D eigenvalue weighted by atomic mass is 10.0. The first kappa shape index (κ1) is 27.4. The molecule has 0 saturated heterocycles. The number of hydrogen-bond donors (Lipinski definition) is 2. The molecule has 194 valence electrons. The highest BCUT2D eigenvalue weighted by atomic mass is 32.2. The number of rotatable bonds is 11. The van der Waals surface area contributed by atoms with E-state index < -0.39 is 27.6 Å². The topological polar surface area (TPSA) is 118 Å². The summed E-state index contributed by atoms with van der Waals surface area (Å²) in [5, 5.41) is 2.73. The molecule has 0 unspecified atom stereocenters. The van der Waals surface area contributed by atoms with Gasteiger partial charge in [0.1, 0.15) is 5.56 Å². The van der Waals surface area contributed by atoms with Gasteiger partial charge in [-0.2, -0.15) is 0 Å². The maximum atomic E-state index is 13.3. The SMILES string of the molecule is CCOC(CNC(=O)c1c[nH]c2ccc(S(=O)(=O)N(C)c3ccc(C(C)C)cc3)cc2c1=O)OCC. The number of amides is 1. The van der Waals surface area contributed by atoms with Crippen molar-refractivity contribution in [3.05, 3.63) is 70.0 Å². The molecule has 0 saturated carbocycles. The van der Waals surface area contributed by atoms with Crippen LogP contribution in [0.3, 0.4) is 0 Å². The summed E-state index contributed by atoms with van der Waals surface area (Å²) < 4.78 is 38.6. The molecule has 9 nitrogen and oxygen atoms in total. The van der Waals surface area contributed by atoms with Crippen LogP contribution in [0, 0.1) is 0 Å². The highest BCUT2D eigenvalue weighted by Gasteiger charge is 2.23. The number of pyridine rings is 1. The molecule has 10 heteroatoms. The number of nitrogens with zero attached hydrogens (tertiary/aromatic N) is 1. The summed E-state index contributed by atoms with van der Waals surface area (Å²) in [7, 11) is -2.49. The number of carbonyl (C=O) groups is 1. The minimum atomic E-state index is -3.95. The molecule has 3 aromatic rings. The number of aromatic amines is 1. The predicted molar refractivity (Wildman–Crippen MR) is 140 cm³/mol. The molecular formula is C26H33N3O6S. The van der Waals surface area contributed by atoms with E-state index in [1.165, 1.54) is 35.7 Å². The average molecular weight is 516 g/mol. The van der Waals surface area contributed by atoms with Gasteiger partial charge in [0.2, 0.25) is 5.43 Å². The Balaban J connectivity index is 1.90. The number of aromatic nitrogens is 1. The molecular weight excluding hydrogens is 482 g/mol. The third-order valence-electron chi connectivity index (χ3n) is 5.81. The van der Waals surface area contributed by atoms with Crippen LogP contribution in [-0.2, 0) is 19.5 Å². The third-order valence-corrected chi connectivity index (χ3v) is 7.59. The number of H-pyrrole nitrogens is 1. The van der Waals surface area contributed by atoms with Crippen LogP contribution in [0.5, 0.6) is 0 Å². The third kappa shape index (κ3) is 5.95. The first-order valence-corrected chi connectivity index (χ1v) is 13.3. The fourth-order valence-electron chi connectivity index (χ4n) is 3.70. The summed E-state index contributed by atoms with van der Waals surface area (Å²) in [6.45, 7) is 8.62. The molecule has 2 N–H and O–H groups in total. The van der Waals surface area contributed by atoms with E-state index in [1.54, 1.807) is 12.1 Å². The van der Waals surface area contributed by atoms with Crippen molar-refractivity contribution in [2.75, 3.05) is 31.1 Å². The molecule has 1 amide bonds. The van der Waals surface area contributed by atoms with Gasteiger partial charge >= 0.3 is 0 Å². The maximum Gasteiger partial charge on any atom is 0.264 e. The molecule has 0 radical (unpaired) electrons. The van der Waals surface area contributed by atoms with Gasteiger partial charge in [-0.3, -0.25) is 13.9 Å². The maximum absolute atomic E-state index is 13.3. The van der Waals surface area contributed by atoms with Crippen LogP contribution >= 0.6 is 0 Å². The molecule has 0 bridgehead atoms. The number of ether oxygens (including phenoxy) is 2. The summed E-state index contributed by atoms with van der Waals surface area (Å²) in [5.41, 5.74) is 1.30. The summed E-state index contributed by atoms with van der Waals surface area (Å²) in [6.07, 6.45) is 0.679. The molecule has 0 aliphatic carbocycles. The number of sulfonamides is 1. The number of benzene rings is 2. The number of nitrogens with one attached hydrogen (secondary N) is 2. The fraction of sp³-hybridized carbons (Fsp3) is 0.385. The van der Waals surface area contributed by atoms with Crippen LogP contribution in [0.2, 0.25) is 0 Å². The van der Waals surface area contributed by atoms with Crippen molar-refractivity contribution in [3.8, 4) is 0 Å². The van der Waals surface area contributed by atoms with E-state index in [-0.39, 0.29) is 22.4 Å². The Morgan fingerprint density at radius 2 is 1.69 bits per heavy atom. The molecule has 1 aromatic heterocycles. The van der Waals surface area contributed by atoms with Gasteiger partial charge in [0.05, 0.1) is 17.1 Å². The quantitative estimate of drug-likeness (QED) is 0.377. The van der Waals surface area contributed by atoms with Gasteiger partial charge in [-0.1, -0.05) is 26.0 Å².